The van der Waals surface area contributed by atoms with Crippen molar-refractivity contribution in [3.05, 3.63) is 35.7 Å². The standard InChI is InChI=1S/C14H19N3OS2/c1-4-13-16-14(20-17-13)19-9-12(15-2)10-5-7-11(18-3)8-6-10/h5-8,12,15H,4,9H2,1-3H3. The molecule has 1 N–H and O–H groups in total. The van der Waals surface area contributed by atoms with E-state index in [1.54, 1.807) is 18.9 Å². The van der Waals surface area contributed by atoms with E-state index in [9.17, 15) is 0 Å². The van der Waals surface area contributed by atoms with Crippen LogP contribution in [-0.4, -0.2) is 29.3 Å². The molecule has 4 nitrogen and oxygen atoms in total. The van der Waals surface area contributed by atoms with Gasteiger partial charge in [-0.25, -0.2) is 4.98 Å². The summed E-state index contributed by atoms with van der Waals surface area (Å²) in [7, 11) is 3.66. The molecule has 0 amide bonds. The van der Waals surface area contributed by atoms with Crippen LogP contribution in [-0.2, 0) is 6.42 Å². The molecular formula is C14H19N3OS2. The molecule has 1 heterocycles. The van der Waals surface area contributed by atoms with Gasteiger partial charge in [-0.2, -0.15) is 4.37 Å². The van der Waals surface area contributed by atoms with Gasteiger partial charge in [0.1, 0.15) is 11.6 Å². The topological polar surface area (TPSA) is 47.0 Å². The van der Waals surface area contributed by atoms with Crippen molar-refractivity contribution in [1.82, 2.24) is 14.7 Å². The van der Waals surface area contributed by atoms with E-state index in [0.717, 1.165) is 28.1 Å². The van der Waals surface area contributed by atoms with Gasteiger partial charge in [-0.1, -0.05) is 30.8 Å². The van der Waals surface area contributed by atoms with Crippen LogP contribution in [0.2, 0.25) is 0 Å². The van der Waals surface area contributed by atoms with Gasteiger partial charge < -0.3 is 10.1 Å². The Morgan fingerprint density at radius 1 is 1.35 bits per heavy atom. The fourth-order valence-corrected chi connectivity index (χ4v) is 3.64. The highest BCUT2D eigenvalue weighted by atomic mass is 32.2. The lowest BCUT2D eigenvalue weighted by atomic mass is 10.1. The lowest BCUT2D eigenvalue weighted by Crippen LogP contribution is -2.18. The van der Waals surface area contributed by atoms with Crippen LogP contribution < -0.4 is 10.1 Å². The van der Waals surface area contributed by atoms with E-state index in [0.29, 0.717) is 6.04 Å². The van der Waals surface area contributed by atoms with E-state index in [1.807, 2.05) is 19.2 Å². The summed E-state index contributed by atoms with van der Waals surface area (Å²) in [6, 6.07) is 8.46. The summed E-state index contributed by atoms with van der Waals surface area (Å²) in [5.41, 5.74) is 1.25. The smallest absolute Gasteiger partial charge is 0.170 e. The number of rotatable bonds is 7. The van der Waals surface area contributed by atoms with E-state index < -0.39 is 0 Å². The van der Waals surface area contributed by atoms with Gasteiger partial charge in [-0.05, 0) is 36.3 Å². The number of aryl methyl sites for hydroxylation is 1. The Labute approximate surface area is 128 Å². The van der Waals surface area contributed by atoms with Crippen molar-refractivity contribution >= 4 is 23.3 Å². The Morgan fingerprint density at radius 2 is 2.10 bits per heavy atom. The molecule has 6 heteroatoms. The van der Waals surface area contributed by atoms with Gasteiger partial charge in [-0.3, -0.25) is 0 Å². The average Bonchev–Trinajstić information content (AvgIpc) is 2.96. The minimum absolute atomic E-state index is 0.292. The third kappa shape index (κ3) is 3.94. The second kappa shape index (κ2) is 7.61. The average molecular weight is 309 g/mol. The third-order valence-electron chi connectivity index (χ3n) is 3.01. The van der Waals surface area contributed by atoms with Crippen LogP contribution in [0.3, 0.4) is 0 Å². The molecule has 0 bridgehead atoms. The molecular weight excluding hydrogens is 290 g/mol. The molecule has 2 rings (SSSR count). The molecule has 1 unspecified atom stereocenters. The van der Waals surface area contributed by atoms with Crippen LogP contribution in [0.5, 0.6) is 5.75 Å². The number of ether oxygens (including phenoxy) is 1. The summed E-state index contributed by atoms with van der Waals surface area (Å²) < 4.78 is 10.5. The van der Waals surface area contributed by atoms with Crippen molar-refractivity contribution in [2.75, 3.05) is 19.9 Å². The number of hydrogen-bond donors (Lipinski definition) is 1. The third-order valence-corrected chi connectivity index (χ3v) is 4.97. The number of nitrogens with zero attached hydrogens (tertiary/aromatic N) is 2. The minimum Gasteiger partial charge on any atom is -0.497 e. The van der Waals surface area contributed by atoms with Gasteiger partial charge in [0.05, 0.1) is 7.11 Å². The second-order valence-electron chi connectivity index (χ2n) is 4.26. The molecule has 0 saturated heterocycles. The fraction of sp³-hybridized carbons (Fsp3) is 0.429. The molecule has 0 aliphatic rings. The van der Waals surface area contributed by atoms with Crippen LogP contribution in [0.15, 0.2) is 28.6 Å². The zero-order valence-electron chi connectivity index (χ0n) is 11.9. The normalized spacial score (nSPS) is 12.3. The first-order chi connectivity index (χ1) is 9.76. The molecule has 0 aliphatic carbocycles. The minimum atomic E-state index is 0.292. The Bertz CT molecular complexity index is 527. The van der Waals surface area contributed by atoms with Crippen LogP contribution in [0.4, 0.5) is 0 Å². The number of nitrogens with one attached hydrogen (secondary N) is 1. The molecule has 2 aromatic rings. The van der Waals surface area contributed by atoms with E-state index in [2.05, 4.69) is 33.7 Å². The largest absolute Gasteiger partial charge is 0.497 e. The van der Waals surface area contributed by atoms with Crippen LogP contribution in [0.1, 0.15) is 24.4 Å². The van der Waals surface area contributed by atoms with Crippen LogP contribution >= 0.6 is 23.3 Å². The van der Waals surface area contributed by atoms with Crippen molar-refractivity contribution in [3.63, 3.8) is 0 Å². The molecule has 1 aromatic heterocycles. The maximum Gasteiger partial charge on any atom is 0.170 e. The van der Waals surface area contributed by atoms with Gasteiger partial charge >= 0.3 is 0 Å². The van der Waals surface area contributed by atoms with E-state index in [4.69, 9.17) is 4.74 Å². The SMILES string of the molecule is CCc1nsc(SCC(NC)c2ccc(OC)cc2)n1. The molecule has 0 fully saturated rings. The van der Waals surface area contributed by atoms with Gasteiger partial charge in [0.25, 0.3) is 0 Å². The van der Waals surface area contributed by atoms with Gasteiger partial charge in [-0.15, -0.1) is 0 Å². The van der Waals surface area contributed by atoms with Crippen molar-refractivity contribution in [2.45, 2.75) is 23.7 Å². The first-order valence-corrected chi connectivity index (χ1v) is 8.29. The summed E-state index contributed by atoms with van der Waals surface area (Å²) in [4.78, 5) is 4.48. The highest BCUT2D eigenvalue weighted by molar-refractivity contribution is 8.00. The molecule has 1 atom stereocenters. The summed E-state index contributed by atoms with van der Waals surface area (Å²) >= 11 is 3.23. The molecule has 20 heavy (non-hydrogen) atoms. The fourth-order valence-electron chi connectivity index (χ4n) is 1.78. The summed E-state index contributed by atoms with van der Waals surface area (Å²) in [5.74, 6) is 2.75. The maximum absolute atomic E-state index is 5.18. The molecule has 108 valence electrons. The lowest BCUT2D eigenvalue weighted by Gasteiger charge is -2.15. The Kier molecular flexibility index (Phi) is 5.82. The van der Waals surface area contributed by atoms with Gasteiger partial charge in [0.15, 0.2) is 4.34 Å². The van der Waals surface area contributed by atoms with Gasteiger partial charge in [0.2, 0.25) is 0 Å². The second-order valence-corrected chi connectivity index (χ2v) is 6.27. The predicted molar refractivity (Wildman–Crippen MR) is 84.8 cm³/mol. The highest BCUT2D eigenvalue weighted by Gasteiger charge is 2.12. The first-order valence-electron chi connectivity index (χ1n) is 6.53. The molecule has 0 saturated carbocycles. The van der Waals surface area contributed by atoms with E-state index in [-0.39, 0.29) is 0 Å². The molecule has 0 spiro atoms. The predicted octanol–water partition coefficient (Wildman–Crippen LogP) is 3.16. The maximum atomic E-state index is 5.18. The highest BCUT2D eigenvalue weighted by Crippen LogP contribution is 2.26. The Balaban J connectivity index is 1.97. The number of aromatic nitrogens is 2. The zero-order chi connectivity index (χ0) is 14.4. The number of thioether (sulfide) groups is 1. The zero-order valence-corrected chi connectivity index (χ0v) is 13.6. The summed E-state index contributed by atoms with van der Waals surface area (Å²) in [5, 5.41) is 3.34. The number of benzene rings is 1. The molecule has 0 radical (unpaired) electrons. The van der Waals surface area contributed by atoms with Crippen molar-refractivity contribution in [1.29, 1.82) is 0 Å². The van der Waals surface area contributed by atoms with E-state index in [1.165, 1.54) is 17.1 Å². The summed E-state index contributed by atoms with van der Waals surface area (Å²) in [6.45, 7) is 2.07. The lowest BCUT2D eigenvalue weighted by molar-refractivity contribution is 0.414. The van der Waals surface area contributed by atoms with Crippen molar-refractivity contribution in [2.24, 2.45) is 0 Å². The number of methoxy groups -OCH3 is 1. The molecule has 1 aromatic carbocycles. The van der Waals surface area contributed by atoms with Crippen molar-refractivity contribution in [3.8, 4) is 5.75 Å². The van der Waals surface area contributed by atoms with Crippen molar-refractivity contribution < 1.29 is 4.74 Å². The number of hydrogen-bond acceptors (Lipinski definition) is 6. The van der Waals surface area contributed by atoms with Crippen LogP contribution in [0.25, 0.3) is 0 Å². The summed E-state index contributed by atoms with van der Waals surface area (Å²) in [6.07, 6.45) is 0.894. The Hall–Kier alpha value is -1.11. The quantitative estimate of drug-likeness (QED) is 0.796. The monoisotopic (exact) mass is 309 g/mol. The van der Waals surface area contributed by atoms with E-state index >= 15 is 0 Å². The Morgan fingerprint density at radius 3 is 2.65 bits per heavy atom. The molecule has 0 aliphatic heterocycles. The first kappa shape index (κ1) is 15.3. The van der Waals surface area contributed by atoms with Gasteiger partial charge in [0, 0.05) is 18.2 Å². The van der Waals surface area contributed by atoms with Crippen LogP contribution in [0, 0.1) is 0 Å².